The first-order chi connectivity index (χ1) is 8.66. The van der Waals surface area contributed by atoms with E-state index in [-0.39, 0.29) is 55.5 Å². The number of nitrogens with two attached hydrogens (primary N) is 1. The van der Waals surface area contributed by atoms with Gasteiger partial charge in [0.15, 0.2) is 0 Å². The minimum atomic E-state index is -1.17. The van der Waals surface area contributed by atoms with Crippen molar-refractivity contribution in [2.24, 2.45) is 5.73 Å². The molecule has 0 aliphatic carbocycles. The van der Waals surface area contributed by atoms with Crippen molar-refractivity contribution in [3.05, 3.63) is 0 Å². The molecule has 0 unspecified atom stereocenters. The van der Waals surface area contributed by atoms with E-state index < -0.39 is 29.9 Å². The maximum atomic E-state index is 9.99. The first-order valence-electron chi connectivity index (χ1n) is 5.01. The summed E-state index contributed by atoms with van der Waals surface area (Å²) in [5.41, 5.74) is 5.00. The Hall–Kier alpha value is -1.20. The van der Waals surface area contributed by atoms with Crippen molar-refractivity contribution in [1.82, 2.24) is 5.32 Å². The molecule has 20 heavy (non-hydrogen) atoms. The fourth-order valence-corrected chi connectivity index (χ4v) is 0.679. The zero-order chi connectivity index (χ0) is 15.4. The fourth-order valence-electron chi connectivity index (χ4n) is 0.679. The van der Waals surface area contributed by atoms with Crippen LogP contribution in [-0.2, 0) is 19.2 Å². The second kappa shape index (κ2) is 14.2. The molecule has 11 heteroatoms. The number of carboxylic acids is 4. The quantitative estimate of drug-likeness (QED) is 0.259. The molecule has 0 aromatic carbocycles. The van der Waals surface area contributed by atoms with Gasteiger partial charge in [-0.3, -0.25) is 24.5 Å². The van der Waals surface area contributed by atoms with Crippen molar-refractivity contribution in [2.75, 3.05) is 13.1 Å². The third-order valence-electron chi connectivity index (χ3n) is 1.54. The Morgan fingerprint density at radius 1 is 0.900 bits per heavy atom. The molecule has 0 fully saturated rings. The summed E-state index contributed by atoms with van der Waals surface area (Å²) in [5, 5.41) is 34.4. The van der Waals surface area contributed by atoms with Crippen LogP contribution < -0.4 is 11.1 Å². The number of aliphatic carboxylic acids is 4. The Kier molecular flexibility index (Phi) is 17.0. The van der Waals surface area contributed by atoms with E-state index in [0.29, 0.717) is 0 Å². The minimum absolute atomic E-state index is 0. The van der Waals surface area contributed by atoms with Crippen LogP contribution in [0.3, 0.4) is 0 Å². The molecule has 0 aromatic rings. The molecule has 0 saturated carbocycles. The van der Waals surface area contributed by atoms with Crippen molar-refractivity contribution in [3.8, 4) is 0 Å². The Morgan fingerprint density at radius 3 is 1.55 bits per heavy atom. The summed E-state index contributed by atoms with van der Waals surface area (Å²) in [6, 6.07) is -1.06. The van der Waals surface area contributed by atoms with Crippen molar-refractivity contribution < 1.29 is 39.6 Å². The Morgan fingerprint density at radius 2 is 1.30 bits per heavy atom. The van der Waals surface area contributed by atoms with E-state index in [2.05, 4.69) is 5.32 Å². The Balaban J connectivity index is -0.000000277. The van der Waals surface area contributed by atoms with E-state index in [1.54, 1.807) is 0 Å². The standard InChI is InChI=1S/C5H9NO4.C4H7NO4.Na.H/c6-3(5(9)10)1-2-4(7)8;6-3(7)1-5-2-4(8)9;;/h3H,1-2,6H2,(H,7,8)(H,9,10);5H,1-2H2,(H,6,7)(H,8,9);;/t3-;;;/m0.../s1. The maximum absolute atomic E-state index is 9.99. The number of hydrogen-bond donors (Lipinski definition) is 6. The molecular formula is C9H17N2NaO8. The SMILES string of the molecule is N[C@@H](CCC(=O)O)C(=O)O.O=C(O)CNCC(=O)O.[NaH]. The third kappa shape index (κ3) is 22.0. The van der Waals surface area contributed by atoms with Gasteiger partial charge < -0.3 is 26.2 Å². The number of carbonyl (C=O) groups is 4. The molecule has 0 aromatic heterocycles. The average Bonchev–Trinajstić information content (AvgIpc) is 2.25. The van der Waals surface area contributed by atoms with E-state index >= 15 is 0 Å². The predicted molar refractivity (Wildman–Crippen MR) is 67.8 cm³/mol. The van der Waals surface area contributed by atoms with E-state index in [9.17, 15) is 19.2 Å². The summed E-state index contributed by atoms with van der Waals surface area (Å²) in [6.07, 6.45) is -0.224. The van der Waals surface area contributed by atoms with Crippen LogP contribution in [-0.4, -0.2) is 93.0 Å². The van der Waals surface area contributed by atoms with Crippen LogP contribution in [0.15, 0.2) is 0 Å². The Labute approximate surface area is 136 Å². The zero-order valence-corrected chi connectivity index (χ0v) is 9.90. The molecule has 0 heterocycles. The van der Waals surface area contributed by atoms with Crippen molar-refractivity contribution in [1.29, 1.82) is 0 Å². The zero-order valence-electron chi connectivity index (χ0n) is 9.90. The summed E-state index contributed by atoms with van der Waals surface area (Å²) in [7, 11) is 0. The van der Waals surface area contributed by atoms with Gasteiger partial charge in [-0.15, -0.1) is 0 Å². The van der Waals surface area contributed by atoms with Gasteiger partial charge in [-0.05, 0) is 6.42 Å². The molecule has 0 radical (unpaired) electrons. The molecule has 0 aliphatic heterocycles. The van der Waals surface area contributed by atoms with Crippen molar-refractivity contribution in [3.63, 3.8) is 0 Å². The second-order valence-corrected chi connectivity index (χ2v) is 3.27. The van der Waals surface area contributed by atoms with E-state index in [1.807, 2.05) is 0 Å². The molecule has 0 amide bonds. The molecule has 10 nitrogen and oxygen atoms in total. The normalized spacial score (nSPS) is 10.2. The number of nitrogens with one attached hydrogen (secondary N) is 1. The average molecular weight is 304 g/mol. The summed E-state index contributed by atoms with van der Waals surface area (Å²) < 4.78 is 0. The number of carboxylic acid groups (broad SMARTS) is 4. The van der Waals surface area contributed by atoms with Crippen LogP contribution >= 0.6 is 0 Å². The first-order valence-corrected chi connectivity index (χ1v) is 5.01. The van der Waals surface area contributed by atoms with Crippen LogP contribution in [0.5, 0.6) is 0 Å². The molecule has 7 N–H and O–H groups in total. The summed E-state index contributed by atoms with van der Waals surface area (Å²) in [6.45, 7) is -0.626. The van der Waals surface area contributed by atoms with Crippen LogP contribution in [0, 0.1) is 0 Å². The molecule has 0 aliphatic rings. The van der Waals surface area contributed by atoms with E-state index in [0.717, 1.165) is 0 Å². The Bertz CT molecular complexity index is 322. The van der Waals surface area contributed by atoms with Crippen molar-refractivity contribution >= 4 is 53.4 Å². The number of hydrogen-bond acceptors (Lipinski definition) is 6. The third-order valence-corrected chi connectivity index (χ3v) is 1.54. The number of rotatable bonds is 8. The summed E-state index contributed by atoms with van der Waals surface area (Å²) >= 11 is 0. The van der Waals surface area contributed by atoms with Gasteiger partial charge in [-0.1, -0.05) is 0 Å². The van der Waals surface area contributed by atoms with Gasteiger partial charge in [0, 0.05) is 6.42 Å². The van der Waals surface area contributed by atoms with Gasteiger partial charge in [0.2, 0.25) is 0 Å². The van der Waals surface area contributed by atoms with E-state index in [1.165, 1.54) is 0 Å². The molecule has 0 rings (SSSR count). The molecule has 1 atom stereocenters. The van der Waals surface area contributed by atoms with Crippen molar-refractivity contribution in [2.45, 2.75) is 18.9 Å². The van der Waals surface area contributed by atoms with Gasteiger partial charge >= 0.3 is 53.4 Å². The fraction of sp³-hybridized carbons (Fsp3) is 0.556. The van der Waals surface area contributed by atoms with Gasteiger partial charge in [0.1, 0.15) is 6.04 Å². The summed E-state index contributed by atoms with van der Waals surface area (Å²) in [4.78, 5) is 39.3. The second-order valence-electron chi connectivity index (χ2n) is 3.27. The van der Waals surface area contributed by atoms with Crippen LogP contribution in [0.25, 0.3) is 0 Å². The van der Waals surface area contributed by atoms with Crippen LogP contribution in [0.2, 0.25) is 0 Å². The van der Waals surface area contributed by atoms with Gasteiger partial charge in [0.25, 0.3) is 0 Å². The first kappa shape index (κ1) is 23.9. The van der Waals surface area contributed by atoms with Crippen LogP contribution in [0.4, 0.5) is 0 Å². The molecule has 112 valence electrons. The van der Waals surface area contributed by atoms with E-state index in [4.69, 9.17) is 26.2 Å². The predicted octanol–water partition coefficient (Wildman–Crippen LogP) is -2.64. The van der Waals surface area contributed by atoms with Gasteiger partial charge in [0.05, 0.1) is 13.1 Å². The van der Waals surface area contributed by atoms with Crippen LogP contribution in [0.1, 0.15) is 12.8 Å². The molecule has 0 saturated heterocycles. The summed E-state index contributed by atoms with van der Waals surface area (Å²) in [5.74, 6) is -4.31. The molecule has 0 spiro atoms. The topological polar surface area (TPSA) is 187 Å². The van der Waals surface area contributed by atoms with Gasteiger partial charge in [-0.25, -0.2) is 0 Å². The molecular weight excluding hydrogens is 287 g/mol. The van der Waals surface area contributed by atoms with Gasteiger partial charge in [-0.2, -0.15) is 0 Å². The molecule has 0 bridgehead atoms. The monoisotopic (exact) mass is 304 g/mol.